The normalized spacial score (nSPS) is 15.7. The third kappa shape index (κ3) is 5.09. The summed E-state index contributed by atoms with van der Waals surface area (Å²) in [7, 11) is 1.69. The summed E-state index contributed by atoms with van der Waals surface area (Å²) in [5, 5.41) is 5.60. The van der Waals surface area contributed by atoms with Gasteiger partial charge in [-0.15, -0.1) is 0 Å². The number of methoxy groups -OCH3 is 1. The molecule has 1 aliphatic rings. The van der Waals surface area contributed by atoms with E-state index in [9.17, 15) is 4.79 Å². The van der Waals surface area contributed by atoms with Crippen molar-refractivity contribution in [3.63, 3.8) is 0 Å². The number of hydrogen-bond acceptors (Lipinski definition) is 5. The Labute approximate surface area is 134 Å². The summed E-state index contributed by atoms with van der Waals surface area (Å²) in [6.07, 6.45) is 0.906. The molecule has 0 aliphatic carbocycles. The van der Waals surface area contributed by atoms with Gasteiger partial charge in [-0.3, -0.25) is 20.6 Å². The van der Waals surface area contributed by atoms with Gasteiger partial charge in [0.25, 0.3) is 0 Å². The van der Waals surface area contributed by atoms with Crippen molar-refractivity contribution in [3.05, 3.63) is 35.2 Å². The quantitative estimate of drug-likeness (QED) is 0.701. The first kappa shape index (κ1) is 16.4. The number of hydrogen-bond donors (Lipinski definition) is 3. The zero-order valence-electron chi connectivity index (χ0n) is 12.7. The predicted molar refractivity (Wildman–Crippen MR) is 91.4 cm³/mol. The summed E-state index contributed by atoms with van der Waals surface area (Å²) in [6, 6.07) is 7.65. The maximum Gasteiger partial charge on any atom is 0.221 e. The van der Waals surface area contributed by atoms with Crippen LogP contribution in [-0.4, -0.2) is 31.3 Å². The number of aliphatic imine (C=N–C) groups is 1. The lowest BCUT2D eigenvalue weighted by Gasteiger charge is -2.19. The van der Waals surface area contributed by atoms with Crippen molar-refractivity contribution in [2.45, 2.75) is 13.3 Å². The van der Waals surface area contributed by atoms with E-state index in [4.69, 9.17) is 4.74 Å². The van der Waals surface area contributed by atoms with Crippen molar-refractivity contribution in [3.8, 4) is 0 Å². The minimum Gasteiger partial charge on any atom is -0.385 e. The summed E-state index contributed by atoms with van der Waals surface area (Å²) < 4.78 is 4.99. The van der Waals surface area contributed by atoms with Crippen molar-refractivity contribution >= 4 is 34.2 Å². The molecule has 7 heteroatoms. The second kappa shape index (κ2) is 8.45. The van der Waals surface area contributed by atoms with E-state index in [0.717, 1.165) is 41.7 Å². The van der Waals surface area contributed by atoms with Gasteiger partial charge >= 0.3 is 0 Å². The molecule has 1 heterocycles. The summed E-state index contributed by atoms with van der Waals surface area (Å²) in [6.45, 7) is 2.95. The van der Waals surface area contributed by atoms with Crippen molar-refractivity contribution in [2.75, 3.05) is 25.6 Å². The fourth-order valence-electron chi connectivity index (χ4n) is 1.84. The highest BCUT2D eigenvalue weighted by atomic mass is 32.2. The van der Waals surface area contributed by atoms with Gasteiger partial charge in [0.15, 0.2) is 5.17 Å². The Morgan fingerprint density at radius 2 is 2.09 bits per heavy atom. The van der Waals surface area contributed by atoms with Gasteiger partial charge in [-0.1, -0.05) is 23.9 Å². The zero-order chi connectivity index (χ0) is 15.8. The molecule has 0 fully saturated rings. The molecule has 0 aromatic heterocycles. The average molecular weight is 320 g/mol. The SMILES string of the molecule is COCCCN=C1NNC(c2ccc(NC(C)=O)cc2)=CS1. The molecule has 1 aromatic rings. The van der Waals surface area contributed by atoms with Crippen LogP contribution < -0.4 is 16.2 Å². The van der Waals surface area contributed by atoms with Crippen molar-refractivity contribution in [1.29, 1.82) is 0 Å². The van der Waals surface area contributed by atoms with Crippen LogP contribution in [0.3, 0.4) is 0 Å². The second-order valence-electron chi connectivity index (χ2n) is 4.69. The number of thioether (sulfide) groups is 1. The number of nitrogens with one attached hydrogen (secondary N) is 3. The summed E-state index contributed by atoms with van der Waals surface area (Å²) in [4.78, 5) is 15.4. The zero-order valence-corrected chi connectivity index (χ0v) is 13.5. The molecule has 0 atom stereocenters. The van der Waals surface area contributed by atoms with E-state index >= 15 is 0 Å². The van der Waals surface area contributed by atoms with Crippen LogP contribution in [0.5, 0.6) is 0 Å². The van der Waals surface area contributed by atoms with Crippen molar-refractivity contribution in [2.24, 2.45) is 4.99 Å². The highest BCUT2D eigenvalue weighted by Crippen LogP contribution is 2.21. The van der Waals surface area contributed by atoms with E-state index < -0.39 is 0 Å². The number of anilines is 1. The Morgan fingerprint density at radius 1 is 1.32 bits per heavy atom. The van der Waals surface area contributed by atoms with Gasteiger partial charge in [-0.05, 0) is 18.6 Å². The van der Waals surface area contributed by atoms with Crippen molar-refractivity contribution in [1.82, 2.24) is 10.9 Å². The predicted octanol–water partition coefficient (Wildman–Crippen LogP) is 2.18. The molecule has 0 radical (unpaired) electrons. The topological polar surface area (TPSA) is 74.8 Å². The van der Waals surface area contributed by atoms with Gasteiger partial charge in [-0.25, -0.2) is 0 Å². The van der Waals surface area contributed by atoms with Crippen LogP contribution in [0.4, 0.5) is 5.69 Å². The van der Waals surface area contributed by atoms with E-state index in [1.54, 1.807) is 18.9 Å². The molecule has 1 aromatic carbocycles. The van der Waals surface area contributed by atoms with Gasteiger partial charge < -0.3 is 10.1 Å². The number of ether oxygens (including phenoxy) is 1. The highest BCUT2D eigenvalue weighted by Gasteiger charge is 2.09. The third-order valence-electron chi connectivity index (χ3n) is 2.87. The first-order chi connectivity index (χ1) is 10.7. The Hall–Kier alpha value is -1.99. The lowest BCUT2D eigenvalue weighted by molar-refractivity contribution is -0.114. The van der Waals surface area contributed by atoms with Crippen LogP contribution >= 0.6 is 11.8 Å². The molecule has 1 aliphatic heterocycles. The molecule has 0 saturated heterocycles. The lowest BCUT2D eigenvalue weighted by atomic mass is 10.1. The number of hydrazine groups is 1. The standard InChI is InChI=1S/C15H20N4O2S/c1-11(20)17-13-6-4-12(5-7-13)14-10-22-15(19-18-14)16-8-3-9-21-2/h4-7,10,18H,3,8-9H2,1-2H3,(H,16,19)(H,17,20). The minimum atomic E-state index is -0.0747. The maximum atomic E-state index is 11.0. The fraction of sp³-hybridized carbons (Fsp3) is 0.333. The largest absolute Gasteiger partial charge is 0.385 e. The number of nitrogens with zero attached hydrogens (tertiary/aromatic N) is 1. The number of carbonyl (C=O) groups excluding carboxylic acids is 1. The van der Waals surface area contributed by atoms with Crippen LogP contribution in [-0.2, 0) is 9.53 Å². The second-order valence-corrected chi connectivity index (χ2v) is 5.55. The van der Waals surface area contributed by atoms with Crippen LogP contribution in [0.2, 0.25) is 0 Å². The molecular formula is C15H20N4O2S. The monoisotopic (exact) mass is 320 g/mol. The van der Waals surface area contributed by atoms with Gasteiger partial charge in [0.1, 0.15) is 0 Å². The van der Waals surface area contributed by atoms with Gasteiger partial charge in [0.2, 0.25) is 5.91 Å². The molecule has 0 unspecified atom stereocenters. The van der Waals surface area contributed by atoms with Crippen molar-refractivity contribution < 1.29 is 9.53 Å². The maximum absolute atomic E-state index is 11.0. The van der Waals surface area contributed by atoms with Crippen LogP contribution in [0.1, 0.15) is 18.9 Å². The first-order valence-electron chi connectivity index (χ1n) is 6.99. The number of rotatable bonds is 6. The van der Waals surface area contributed by atoms with E-state index in [1.807, 2.05) is 29.7 Å². The van der Waals surface area contributed by atoms with Gasteiger partial charge in [0.05, 0.1) is 5.70 Å². The highest BCUT2D eigenvalue weighted by molar-refractivity contribution is 8.16. The Kier molecular flexibility index (Phi) is 6.29. The molecule has 6 nitrogen and oxygen atoms in total. The smallest absolute Gasteiger partial charge is 0.221 e. The Balaban J connectivity index is 1.91. The van der Waals surface area contributed by atoms with E-state index in [0.29, 0.717) is 0 Å². The first-order valence-corrected chi connectivity index (χ1v) is 7.87. The third-order valence-corrected chi connectivity index (χ3v) is 3.68. The number of carbonyl (C=O) groups is 1. The average Bonchev–Trinajstić information content (AvgIpc) is 2.52. The number of benzene rings is 1. The summed E-state index contributed by atoms with van der Waals surface area (Å²) >= 11 is 1.54. The lowest BCUT2D eigenvalue weighted by Crippen LogP contribution is -2.37. The van der Waals surface area contributed by atoms with Crippen LogP contribution in [0.25, 0.3) is 5.70 Å². The molecule has 0 spiro atoms. The number of amides is 1. The van der Waals surface area contributed by atoms with Gasteiger partial charge in [-0.2, -0.15) is 0 Å². The molecule has 1 amide bonds. The van der Waals surface area contributed by atoms with Gasteiger partial charge in [0, 0.05) is 43.8 Å². The van der Waals surface area contributed by atoms with E-state index in [2.05, 4.69) is 21.2 Å². The van der Waals surface area contributed by atoms with E-state index in [1.165, 1.54) is 6.92 Å². The van der Waals surface area contributed by atoms with E-state index in [-0.39, 0.29) is 5.91 Å². The fourth-order valence-corrected chi connectivity index (χ4v) is 2.54. The number of amidine groups is 1. The summed E-state index contributed by atoms with van der Waals surface area (Å²) in [5.74, 6) is -0.0747. The molecule has 3 N–H and O–H groups in total. The molecular weight excluding hydrogens is 300 g/mol. The molecule has 0 saturated carbocycles. The van der Waals surface area contributed by atoms with Crippen LogP contribution in [0.15, 0.2) is 34.7 Å². The molecule has 2 rings (SSSR count). The minimum absolute atomic E-state index is 0.0747. The Morgan fingerprint density at radius 3 is 2.68 bits per heavy atom. The van der Waals surface area contributed by atoms with Crippen LogP contribution in [0, 0.1) is 0 Å². The summed E-state index contributed by atoms with van der Waals surface area (Å²) in [5.41, 5.74) is 8.99. The molecule has 118 valence electrons. The molecule has 22 heavy (non-hydrogen) atoms. The Bertz CT molecular complexity index is 569. The molecule has 0 bridgehead atoms.